The number of hydrogen-bond donors (Lipinski definition) is 0. The molecule has 0 radical (unpaired) electrons. The van der Waals surface area contributed by atoms with E-state index >= 15 is 0 Å². The van der Waals surface area contributed by atoms with Gasteiger partial charge in [0.1, 0.15) is 10.4 Å². The highest BCUT2D eigenvalue weighted by molar-refractivity contribution is 8.00. The fourth-order valence-corrected chi connectivity index (χ4v) is 3.83. The van der Waals surface area contributed by atoms with Crippen LogP contribution in [0.4, 0.5) is 0 Å². The number of benzene rings is 2. The van der Waals surface area contributed by atoms with Crippen LogP contribution in [0.25, 0.3) is 22.2 Å². The standard InChI is InChI=1S/C18H17NO2S/c1-12-3-5-13(6-4-12)17-15-11-14(7-8-16(15)19-21-17)18(2)20-9-10-22-18/h3-8,11H,9-10H2,1-2H3. The normalized spacial score (nSPS) is 21.5. The molecule has 2 heterocycles. The van der Waals surface area contributed by atoms with Crippen molar-refractivity contribution in [2.75, 3.05) is 12.4 Å². The molecular weight excluding hydrogens is 294 g/mol. The molecule has 1 aliphatic rings. The van der Waals surface area contributed by atoms with Gasteiger partial charge in [0.25, 0.3) is 0 Å². The average Bonchev–Trinajstić information content (AvgIpc) is 3.15. The summed E-state index contributed by atoms with van der Waals surface area (Å²) in [4.78, 5) is -0.268. The summed E-state index contributed by atoms with van der Waals surface area (Å²) < 4.78 is 11.5. The van der Waals surface area contributed by atoms with Gasteiger partial charge in [-0.3, -0.25) is 0 Å². The molecular formula is C18H17NO2S. The third-order valence-corrected chi connectivity index (χ3v) is 5.43. The maximum Gasteiger partial charge on any atom is 0.174 e. The Morgan fingerprint density at radius 3 is 2.68 bits per heavy atom. The van der Waals surface area contributed by atoms with E-state index in [1.54, 1.807) is 0 Å². The Labute approximate surface area is 133 Å². The van der Waals surface area contributed by atoms with Crippen molar-refractivity contribution in [2.24, 2.45) is 0 Å². The van der Waals surface area contributed by atoms with E-state index in [4.69, 9.17) is 9.26 Å². The Hall–Kier alpha value is -1.78. The molecule has 1 aromatic heterocycles. The SMILES string of the molecule is Cc1ccc(-c2onc3ccc(C4(C)OCCS4)cc23)cc1. The smallest absolute Gasteiger partial charge is 0.174 e. The minimum Gasteiger partial charge on any atom is -0.359 e. The lowest BCUT2D eigenvalue weighted by molar-refractivity contribution is 0.0645. The van der Waals surface area contributed by atoms with Gasteiger partial charge in [-0.15, -0.1) is 11.8 Å². The molecule has 0 bridgehead atoms. The Bertz CT molecular complexity index is 817. The first-order valence-electron chi connectivity index (χ1n) is 7.41. The second-order valence-electron chi connectivity index (χ2n) is 5.75. The van der Waals surface area contributed by atoms with Gasteiger partial charge in [0.05, 0.1) is 12.0 Å². The first-order valence-corrected chi connectivity index (χ1v) is 8.39. The van der Waals surface area contributed by atoms with Gasteiger partial charge in [-0.2, -0.15) is 0 Å². The van der Waals surface area contributed by atoms with Crippen molar-refractivity contribution in [3.8, 4) is 11.3 Å². The largest absolute Gasteiger partial charge is 0.359 e. The molecule has 22 heavy (non-hydrogen) atoms. The molecule has 3 nitrogen and oxygen atoms in total. The van der Waals surface area contributed by atoms with Crippen LogP contribution in [0.2, 0.25) is 0 Å². The summed E-state index contributed by atoms with van der Waals surface area (Å²) in [7, 11) is 0. The zero-order chi connectivity index (χ0) is 15.2. The first kappa shape index (κ1) is 13.9. The van der Waals surface area contributed by atoms with Crippen LogP contribution in [0.1, 0.15) is 18.1 Å². The Morgan fingerprint density at radius 2 is 1.95 bits per heavy atom. The van der Waals surface area contributed by atoms with Crippen molar-refractivity contribution < 1.29 is 9.26 Å². The third-order valence-electron chi connectivity index (χ3n) is 4.15. The van der Waals surface area contributed by atoms with Crippen molar-refractivity contribution in [1.82, 2.24) is 5.16 Å². The first-order chi connectivity index (χ1) is 10.7. The lowest BCUT2D eigenvalue weighted by Crippen LogP contribution is -2.15. The fourth-order valence-electron chi connectivity index (χ4n) is 2.82. The fraction of sp³-hybridized carbons (Fsp3) is 0.278. The maximum atomic E-state index is 5.93. The maximum absolute atomic E-state index is 5.93. The molecule has 1 aliphatic heterocycles. The van der Waals surface area contributed by atoms with Crippen molar-refractivity contribution >= 4 is 22.7 Å². The van der Waals surface area contributed by atoms with Crippen molar-refractivity contribution in [3.05, 3.63) is 53.6 Å². The van der Waals surface area contributed by atoms with Gasteiger partial charge in [-0.25, -0.2) is 0 Å². The number of hydrogen-bond acceptors (Lipinski definition) is 4. The van der Waals surface area contributed by atoms with E-state index in [-0.39, 0.29) is 4.93 Å². The second-order valence-corrected chi connectivity index (χ2v) is 7.23. The molecule has 4 rings (SSSR count). The van der Waals surface area contributed by atoms with Crippen LogP contribution in [-0.4, -0.2) is 17.5 Å². The number of aryl methyl sites for hydroxylation is 1. The summed E-state index contributed by atoms with van der Waals surface area (Å²) in [6, 6.07) is 14.6. The highest BCUT2D eigenvalue weighted by atomic mass is 32.2. The van der Waals surface area contributed by atoms with Crippen LogP contribution in [0.15, 0.2) is 47.0 Å². The van der Waals surface area contributed by atoms with Gasteiger partial charge in [0, 0.05) is 11.3 Å². The van der Waals surface area contributed by atoms with E-state index in [9.17, 15) is 0 Å². The summed E-state index contributed by atoms with van der Waals surface area (Å²) in [6.07, 6.45) is 0. The molecule has 0 spiro atoms. The number of rotatable bonds is 2. The second kappa shape index (κ2) is 5.14. The molecule has 4 heteroatoms. The van der Waals surface area contributed by atoms with E-state index in [0.29, 0.717) is 0 Å². The molecule has 0 amide bonds. The quantitative estimate of drug-likeness (QED) is 0.685. The van der Waals surface area contributed by atoms with Crippen molar-refractivity contribution in [3.63, 3.8) is 0 Å². The summed E-state index contributed by atoms with van der Waals surface area (Å²) in [5, 5.41) is 5.23. The van der Waals surface area contributed by atoms with Crippen LogP contribution in [-0.2, 0) is 9.67 Å². The van der Waals surface area contributed by atoms with E-state index < -0.39 is 0 Å². The van der Waals surface area contributed by atoms with Gasteiger partial charge in [0.2, 0.25) is 0 Å². The third kappa shape index (κ3) is 2.23. The van der Waals surface area contributed by atoms with E-state index in [1.165, 1.54) is 11.1 Å². The van der Waals surface area contributed by atoms with Gasteiger partial charge in [-0.05, 0) is 31.5 Å². The molecule has 1 unspecified atom stereocenters. The van der Waals surface area contributed by atoms with Crippen molar-refractivity contribution in [1.29, 1.82) is 0 Å². The number of thioether (sulfide) groups is 1. The summed E-state index contributed by atoms with van der Waals surface area (Å²) in [5.74, 6) is 1.85. The Kier molecular flexibility index (Phi) is 3.24. The predicted octanol–water partition coefficient (Wildman–Crippen LogP) is 4.74. The molecule has 1 saturated heterocycles. The lowest BCUT2D eigenvalue weighted by Gasteiger charge is -2.22. The molecule has 2 aromatic carbocycles. The molecule has 1 atom stereocenters. The molecule has 1 fully saturated rings. The van der Waals surface area contributed by atoms with E-state index in [0.717, 1.165) is 34.6 Å². The van der Waals surface area contributed by atoms with Crippen LogP contribution < -0.4 is 0 Å². The Morgan fingerprint density at radius 1 is 1.14 bits per heavy atom. The van der Waals surface area contributed by atoms with Crippen LogP contribution in [0.3, 0.4) is 0 Å². The summed E-state index contributed by atoms with van der Waals surface area (Å²) in [5.41, 5.74) is 4.33. The zero-order valence-electron chi connectivity index (χ0n) is 12.6. The van der Waals surface area contributed by atoms with Gasteiger partial charge in [-0.1, -0.05) is 41.1 Å². The molecule has 0 aliphatic carbocycles. The van der Waals surface area contributed by atoms with Crippen molar-refractivity contribution in [2.45, 2.75) is 18.8 Å². The number of nitrogens with zero attached hydrogens (tertiary/aromatic N) is 1. The van der Waals surface area contributed by atoms with Crippen LogP contribution in [0.5, 0.6) is 0 Å². The van der Waals surface area contributed by atoms with Gasteiger partial charge in [0.15, 0.2) is 5.76 Å². The van der Waals surface area contributed by atoms with E-state index in [2.05, 4.69) is 55.4 Å². The summed E-state index contributed by atoms with van der Waals surface area (Å²) in [6.45, 7) is 5.01. The topological polar surface area (TPSA) is 35.3 Å². The Balaban J connectivity index is 1.85. The average molecular weight is 311 g/mol. The molecule has 0 saturated carbocycles. The zero-order valence-corrected chi connectivity index (χ0v) is 13.4. The van der Waals surface area contributed by atoms with Crippen LogP contribution in [0, 0.1) is 6.92 Å². The number of aromatic nitrogens is 1. The van der Waals surface area contributed by atoms with Gasteiger partial charge < -0.3 is 9.26 Å². The lowest BCUT2D eigenvalue weighted by atomic mass is 10.0. The molecule has 0 N–H and O–H groups in total. The number of ether oxygens (including phenoxy) is 1. The molecule has 112 valence electrons. The monoisotopic (exact) mass is 311 g/mol. The summed E-state index contributed by atoms with van der Waals surface area (Å²) >= 11 is 1.84. The highest BCUT2D eigenvalue weighted by Gasteiger charge is 2.33. The predicted molar refractivity (Wildman–Crippen MR) is 89.9 cm³/mol. The van der Waals surface area contributed by atoms with Crippen LogP contribution >= 0.6 is 11.8 Å². The minimum atomic E-state index is -0.268. The highest BCUT2D eigenvalue weighted by Crippen LogP contribution is 2.43. The van der Waals surface area contributed by atoms with Gasteiger partial charge >= 0.3 is 0 Å². The van der Waals surface area contributed by atoms with E-state index in [1.807, 2.05) is 17.8 Å². The number of fused-ring (bicyclic) bond motifs is 1. The molecule has 3 aromatic rings. The minimum absolute atomic E-state index is 0.268.